The molecule has 40 heavy (non-hydrogen) atoms. The largest absolute Gasteiger partial charge is 0.462 e. The van der Waals surface area contributed by atoms with Gasteiger partial charge in [0.05, 0.1) is 17.7 Å². The number of aryl methyl sites for hydroxylation is 4. The molecule has 2 aromatic carbocycles. The monoisotopic (exact) mass is 553 g/mol. The van der Waals surface area contributed by atoms with Gasteiger partial charge in [-0.1, -0.05) is 6.07 Å². The molecular weight excluding hydrogens is 518 g/mol. The van der Waals surface area contributed by atoms with Gasteiger partial charge in [-0.25, -0.2) is 9.79 Å². The summed E-state index contributed by atoms with van der Waals surface area (Å²) in [7, 11) is 0. The Morgan fingerprint density at radius 2 is 1.75 bits per heavy atom. The summed E-state index contributed by atoms with van der Waals surface area (Å²) in [5, 5.41) is 3.89. The molecule has 0 radical (unpaired) electrons. The van der Waals surface area contributed by atoms with Crippen LogP contribution in [0.1, 0.15) is 79.0 Å². The maximum atomic E-state index is 13.6. The van der Waals surface area contributed by atoms with Gasteiger partial charge in [0.15, 0.2) is 0 Å². The van der Waals surface area contributed by atoms with Crippen LogP contribution in [0.2, 0.25) is 0 Å². The van der Waals surface area contributed by atoms with Crippen LogP contribution in [0.4, 0.5) is 10.7 Å². The van der Waals surface area contributed by atoms with Crippen molar-refractivity contribution in [1.82, 2.24) is 4.57 Å². The Bertz CT molecular complexity index is 1610. The molecule has 7 heteroatoms. The third-order valence-corrected chi connectivity index (χ3v) is 8.77. The number of carbonyl (C=O) groups excluding carboxylic acids is 2. The summed E-state index contributed by atoms with van der Waals surface area (Å²) >= 11 is 1.64. The van der Waals surface area contributed by atoms with Crippen LogP contribution >= 0.6 is 11.3 Å². The van der Waals surface area contributed by atoms with Crippen molar-refractivity contribution in [2.24, 2.45) is 4.99 Å². The molecule has 1 aliphatic rings. The molecule has 0 atom stereocenters. The van der Waals surface area contributed by atoms with Crippen molar-refractivity contribution in [3.63, 3.8) is 0 Å². The SMILES string of the molecule is CCOC(=O)c1ccc(-n2c(C)cc(C=Nc3sc4c(c3C(=O)Nc3ccc(C)c(C)c3)CCCC4)c2C)cc1. The molecule has 0 fully saturated rings. The molecule has 206 valence electrons. The van der Waals surface area contributed by atoms with Gasteiger partial charge in [-0.05, 0) is 119 Å². The lowest BCUT2D eigenvalue weighted by molar-refractivity contribution is 0.0526. The maximum absolute atomic E-state index is 13.6. The highest BCUT2D eigenvalue weighted by Gasteiger charge is 2.25. The van der Waals surface area contributed by atoms with Gasteiger partial charge in [-0.2, -0.15) is 0 Å². The minimum Gasteiger partial charge on any atom is -0.462 e. The molecule has 0 bridgehead atoms. The van der Waals surface area contributed by atoms with E-state index in [0.29, 0.717) is 17.7 Å². The fourth-order valence-electron chi connectivity index (χ4n) is 5.29. The number of anilines is 1. The second-order valence-corrected chi connectivity index (χ2v) is 11.4. The number of aromatic nitrogens is 1. The lowest BCUT2D eigenvalue weighted by Crippen LogP contribution is -2.15. The van der Waals surface area contributed by atoms with E-state index in [1.165, 1.54) is 10.4 Å². The Hall–Kier alpha value is -3.97. The van der Waals surface area contributed by atoms with E-state index in [2.05, 4.69) is 43.6 Å². The zero-order valence-corrected chi connectivity index (χ0v) is 24.6. The first kappa shape index (κ1) is 27.6. The number of rotatable bonds is 7. The highest BCUT2D eigenvalue weighted by molar-refractivity contribution is 7.16. The molecule has 1 amide bonds. The average Bonchev–Trinajstić information content (AvgIpc) is 3.45. The van der Waals surface area contributed by atoms with Crippen LogP contribution in [-0.2, 0) is 17.6 Å². The molecule has 1 aliphatic carbocycles. The molecule has 0 saturated heterocycles. The van der Waals surface area contributed by atoms with Crippen LogP contribution in [0.3, 0.4) is 0 Å². The van der Waals surface area contributed by atoms with Gasteiger partial charge < -0.3 is 14.6 Å². The van der Waals surface area contributed by atoms with Crippen molar-refractivity contribution in [1.29, 1.82) is 0 Å². The van der Waals surface area contributed by atoms with Crippen LogP contribution < -0.4 is 5.32 Å². The Kier molecular flexibility index (Phi) is 8.03. The van der Waals surface area contributed by atoms with Gasteiger partial charge in [-0.3, -0.25) is 4.79 Å². The van der Waals surface area contributed by atoms with E-state index in [4.69, 9.17) is 9.73 Å². The molecule has 0 aliphatic heterocycles. The Balaban J connectivity index is 1.45. The molecule has 2 heterocycles. The number of nitrogens with one attached hydrogen (secondary N) is 1. The molecule has 0 spiro atoms. The number of fused-ring (bicyclic) bond motifs is 1. The summed E-state index contributed by atoms with van der Waals surface area (Å²) in [4.78, 5) is 31.8. The highest BCUT2D eigenvalue weighted by atomic mass is 32.1. The zero-order chi connectivity index (χ0) is 28.4. The van der Waals surface area contributed by atoms with Crippen LogP contribution in [0, 0.1) is 27.7 Å². The minimum absolute atomic E-state index is 0.0954. The predicted octanol–water partition coefficient (Wildman–Crippen LogP) is 7.83. The Morgan fingerprint density at radius 3 is 2.48 bits per heavy atom. The van der Waals surface area contributed by atoms with Gasteiger partial charge in [0.2, 0.25) is 0 Å². The molecular formula is C33H35N3O3S. The molecule has 1 N–H and O–H groups in total. The van der Waals surface area contributed by atoms with E-state index in [-0.39, 0.29) is 11.9 Å². The quantitative estimate of drug-likeness (QED) is 0.187. The normalized spacial score (nSPS) is 12.9. The lowest BCUT2D eigenvalue weighted by atomic mass is 9.95. The van der Waals surface area contributed by atoms with Crippen molar-refractivity contribution in [2.45, 2.75) is 60.3 Å². The topological polar surface area (TPSA) is 72.7 Å². The number of hydrogen-bond donors (Lipinski definition) is 1. The van der Waals surface area contributed by atoms with Gasteiger partial charge in [0.1, 0.15) is 5.00 Å². The number of thiophene rings is 1. The smallest absolute Gasteiger partial charge is 0.338 e. The van der Waals surface area contributed by atoms with Crippen LogP contribution in [0.25, 0.3) is 5.69 Å². The van der Waals surface area contributed by atoms with Crippen molar-refractivity contribution in [2.75, 3.05) is 11.9 Å². The van der Waals surface area contributed by atoms with Crippen LogP contribution in [0.5, 0.6) is 0 Å². The molecule has 6 nitrogen and oxygen atoms in total. The van der Waals surface area contributed by atoms with E-state index in [0.717, 1.165) is 70.1 Å². The second kappa shape index (κ2) is 11.6. The van der Waals surface area contributed by atoms with Gasteiger partial charge in [-0.15, -0.1) is 11.3 Å². The summed E-state index contributed by atoms with van der Waals surface area (Å²) in [6.45, 7) is 10.4. The Labute approximate surface area is 239 Å². The van der Waals surface area contributed by atoms with Crippen molar-refractivity contribution in [3.05, 3.63) is 98.2 Å². The van der Waals surface area contributed by atoms with E-state index in [9.17, 15) is 9.59 Å². The number of amides is 1. The minimum atomic E-state index is -0.321. The van der Waals surface area contributed by atoms with E-state index >= 15 is 0 Å². The summed E-state index contributed by atoms with van der Waals surface area (Å²) in [6.07, 6.45) is 6.01. The first-order valence-electron chi connectivity index (χ1n) is 13.8. The lowest BCUT2D eigenvalue weighted by Gasteiger charge is -2.13. The van der Waals surface area contributed by atoms with Gasteiger partial charge in [0.25, 0.3) is 5.91 Å². The maximum Gasteiger partial charge on any atom is 0.338 e. The van der Waals surface area contributed by atoms with Gasteiger partial charge >= 0.3 is 5.97 Å². The molecule has 2 aromatic heterocycles. The van der Waals surface area contributed by atoms with Gasteiger partial charge in [0, 0.05) is 39.4 Å². The van der Waals surface area contributed by atoms with Crippen molar-refractivity contribution < 1.29 is 14.3 Å². The first-order valence-corrected chi connectivity index (χ1v) is 14.6. The fraction of sp³-hybridized carbons (Fsp3) is 0.303. The summed E-state index contributed by atoms with van der Waals surface area (Å²) < 4.78 is 7.25. The molecule has 0 saturated carbocycles. The van der Waals surface area contributed by atoms with Crippen molar-refractivity contribution >= 4 is 40.1 Å². The Morgan fingerprint density at radius 1 is 1.00 bits per heavy atom. The van der Waals surface area contributed by atoms with Crippen LogP contribution in [-0.4, -0.2) is 29.3 Å². The first-order chi connectivity index (χ1) is 19.3. The number of nitrogens with zero attached hydrogens (tertiary/aromatic N) is 2. The van der Waals surface area contributed by atoms with E-state index < -0.39 is 0 Å². The highest BCUT2D eigenvalue weighted by Crippen LogP contribution is 2.40. The second-order valence-electron chi connectivity index (χ2n) is 10.3. The zero-order valence-electron chi connectivity index (χ0n) is 23.8. The number of aliphatic imine (C=N–C) groups is 1. The summed E-state index contributed by atoms with van der Waals surface area (Å²) in [6, 6.07) is 15.5. The number of benzene rings is 2. The third kappa shape index (κ3) is 5.52. The number of esters is 1. The number of hydrogen-bond acceptors (Lipinski definition) is 5. The molecule has 4 aromatic rings. The van der Waals surface area contributed by atoms with E-state index in [1.54, 1.807) is 30.4 Å². The molecule has 0 unspecified atom stereocenters. The predicted molar refractivity (Wildman–Crippen MR) is 163 cm³/mol. The average molecular weight is 554 g/mol. The number of carbonyl (C=O) groups is 2. The fourth-order valence-corrected chi connectivity index (χ4v) is 6.52. The van der Waals surface area contributed by atoms with Crippen LogP contribution in [0.15, 0.2) is 53.5 Å². The summed E-state index contributed by atoms with van der Waals surface area (Å²) in [5.74, 6) is -0.416. The summed E-state index contributed by atoms with van der Waals surface area (Å²) in [5.41, 5.74) is 9.57. The standard InChI is InChI=1S/C33H35N3O3S/c1-6-39-33(38)24-12-15-27(16-13-24)36-22(4)18-25(23(36)5)19-34-32-30(28-9-7-8-10-29(28)40-32)31(37)35-26-14-11-20(2)21(3)17-26/h11-19H,6-10H2,1-5H3,(H,35,37). The number of ether oxygens (including phenoxy) is 1. The van der Waals surface area contributed by atoms with E-state index in [1.807, 2.05) is 36.5 Å². The molecule has 5 rings (SSSR count). The third-order valence-electron chi connectivity index (χ3n) is 7.57. The van der Waals surface area contributed by atoms with Crippen molar-refractivity contribution in [3.8, 4) is 5.69 Å².